The van der Waals surface area contributed by atoms with Gasteiger partial charge >= 0.3 is 0 Å². The SMILES string of the molecule is NC(=O)c1ccc2c(n1)C1=C(CCO2)CC(c2nonc2-c2ccc(F)cc2F)S1. The number of nitrogens with zero attached hydrogens (tertiary/aromatic N) is 3. The molecule has 0 saturated heterocycles. The Bertz CT molecular complexity index is 1210. The van der Waals surface area contributed by atoms with Gasteiger partial charge in [0.05, 0.1) is 11.9 Å². The van der Waals surface area contributed by atoms with Crippen molar-refractivity contribution in [3.05, 3.63) is 64.6 Å². The van der Waals surface area contributed by atoms with Crippen LogP contribution in [0.3, 0.4) is 0 Å². The number of amides is 1. The topological polar surface area (TPSA) is 104 Å². The van der Waals surface area contributed by atoms with Gasteiger partial charge in [-0.3, -0.25) is 4.79 Å². The molecule has 7 nitrogen and oxygen atoms in total. The van der Waals surface area contributed by atoms with Crippen LogP contribution >= 0.6 is 11.8 Å². The van der Waals surface area contributed by atoms with Gasteiger partial charge in [-0.1, -0.05) is 5.16 Å². The van der Waals surface area contributed by atoms with Crippen molar-refractivity contribution >= 4 is 22.6 Å². The molecule has 2 aliphatic rings. The van der Waals surface area contributed by atoms with Crippen molar-refractivity contribution in [1.29, 1.82) is 0 Å². The molecule has 2 aromatic heterocycles. The van der Waals surface area contributed by atoms with Gasteiger partial charge in [-0.2, -0.15) is 0 Å². The molecule has 1 unspecified atom stereocenters. The second-order valence-corrected chi connectivity index (χ2v) is 8.08. The normalized spacial score (nSPS) is 17.9. The van der Waals surface area contributed by atoms with Crippen molar-refractivity contribution < 1.29 is 22.9 Å². The van der Waals surface area contributed by atoms with Crippen LogP contribution in [0.25, 0.3) is 16.2 Å². The monoisotopic (exact) mass is 428 g/mol. The highest BCUT2D eigenvalue weighted by atomic mass is 32.2. The first-order chi connectivity index (χ1) is 14.5. The molecule has 0 saturated carbocycles. The van der Waals surface area contributed by atoms with Crippen LogP contribution in [0.5, 0.6) is 5.75 Å². The molecule has 0 radical (unpaired) electrons. The van der Waals surface area contributed by atoms with Crippen LogP contribution < -0.4 is 10.5 Å². The Morgan fingerprint density at radius 1 is 1.17 bits per heavy atom. The van der Waals surface area contributed by atoms with E-state index in [1.807, 2.05) is 0 Å². The van der Waals surface area contributed by atoms with Gasteiger partial charge in [0.15, 0.2) is 0 Å². The molecule has 1 atom stereocenters. The fraction of sp³-hybridized carbons (Fsp3) is 0.200. The minimum atomic E-state index is -0.740. The molecule has 4 heterocycles. The summed E-state index contributed by atoms with van der Waals surface area (Å²) in [5.74, 6) is -1.47. The Morgan fingerprint density at radius 2 is 2.03 bits per heavy atom. The fourth-order valence-electron chi connectivity index (χ4n) is 3.60. The smallest absolute Gasteiger partial charge is 0.267 e. The summed E-state index contributed by atoms with van der Waals surface area (Å²) < 4.78 is 38.3. The number of pyridine rings is 1. The Labute approximate surface area is 173 Å². The average molecular weight is 428 g/mol. The van der Waals surface area contributed by atoms with E-state index in [2.05, 4.69) is 15.3 Å². The van der Waals surface area contributed by atoms with Crippen LogP contribution in [-0.4, -0.2) is 27.8 Å². The highest BCUT2D eigenvalue weighted by Crippen LogP contribution is 2.55. The van der Waals surface area contributed by atoms with Gasteiger partial charge in [-0.15, -0.1) is 11.8 Å². The van der Waals surface area contributed by atoms with Gasteiger partial charge < -0.3 is 10.5 Å². The number of nitrogens with two attached hydrogens (primary N) is 1. The second-order valence-electron chi connectivity index (χ2n) is 6.87. The molecule has 5 rings (SSSR count). The first-order valence-corrected chi connectivity index (χ1v) is 10.00. The van der Waals surface area contributed by atoms with Crippen molar-refractivity contribution in [2.24, 2.45) is 5.73 Å². The van der Waals surface area contributed by atoms with Crippen molar-refractivity contribution in [2.75, 3.05) is 6.61 Å². The Morgan fingerprint density at radius 3 is 2.83 bits per heavy atom. The third-order valence-corrected chi connectivity index (χ3v) is 6.40. The number of aromatic nitrogens is 3. The lowest BCUT2D eigenvalue weighted by molar-refractivity contribution is 0.0995. The number of hydrogen-bond donors (Lipinski definition) is 1. The molecule has 152 valence electrons. The number of carbonyl (C=O) groups is 1. The first-order valence-electron chi connectivity index (χ1n) is 9.12. The molecule has 0 bridgehead atoms. The molecule has 30 heavy (non-hydrogen) atoms. The molecule has 0 spiro atoms. The average Bonchev–Trinajstić information content (AvgIpc) is 3.32. The minimum Gasteiger partial charge on any atom is -0.491 e. The molecule has 2 N–H and O–H groups in total. The quantitative estimate of drug-likeness (QED) is 0.675. The lowest BCUT2D eigenvalue weighted by atomic mass is 10.0. The van der Waals surface area contributed by atoms with Gasteiger partial charge in [0.2, 0.25) is 0 Å². The van der Waals surface area contributed by atoms with E-state index in [0.29, 0.717) is 36.6 Å². The van der Waals surface area contributed by atoms with Crippen LogP contribution in [0, 0.1) is 11.6 Å². The zero-order valence-corrected chi connectivity index (χ0v) is 16.2. The number of carbonyl (C=O) groups excluding carboxylic acids is 1. The molecule has 10 heteroatoms. The maximum absolute atomic E-state index is 14.3. The number of halogens is 2. The predicted molar refractivity (Wildman–Crippen MR) is 104 cm³/mol. The van der Waals surface area contributed by atoms with E-state index in [-0.39, 0.29) is 22.2 Å². The lowest BCUT2D eigenvalue weighted by Crippen LogP contribution is -2.14. The van der Waals surface area contributed by atoms with Crippen LogP contribution in [-0.2, 0) is 0 Å². The summed E-state index contributed by atoms with van der Waals surface area (Å²) in [6.07, 6.45) is 1.28. The number of rotatable bonds is 3. The molecule has 3 aromatic rings. The summed E-state index contributed by atoms with van der Waals surface area (Å²) in [5, 5.41) is 7.66. The van der Waals surface area contributed by atoms with Crippen molar-refractivity contribution in [1.82, 2.24) is 15.3 Å². The van der Waals surface area contributed by atoms with Gasteiger partial charge in [-0.05, 0) is 41.4 Å². The van der Waals surface area contributed by atoms with Crippen LogP contribution in [0.1, 0.15) is 40.0 Å². The Hall–Kier alpha value is -3.27. The third-order valence-electron chi connectivity index (χ3n) is 5.01. The van der Waals surface area contributed by atoms with Crippen molar-refractivity contribution in [2.45, 2.75) is 18.1 Å². The summed E-state index contributed by atoms with van der Waals surface area (Å²) in [7, 11) is 0. The Kier molecular flexibility index (Phi) is 4.50. The molecule has 1 aromatic carbocycles. The summed E-state index contributed by atoms with van der Waals surface area (Å²) >= 11 is 1.47. The highest BCUT2D eigenvalue weighted by molar-refractivity contribution is 8.08. The second kappa shape index (κ2) is 7.21. The largest absolute Gasteiger partial charge is 0.491 e. The number of fused-ring (bicyclic) bond motifs is 2. The zero-order valence-electron chi connectivity index (χ0n) is 15.4. The van der Waals surface area contributed by atoms with Crippen LogP contribution in [0.4, 0.5) is 8.78 Å². The number of ether oxygens (including phenoxy) is 1. The van der Waals surface area contributed by atoms with Gasteiger partial charge in [0, 0.05) is 23.0 Å². The molecule has 1 amide bonds. The zero-order chi connectivity index (χ0) is 20.8. The summed E-state index contributed by atoms with van der Waals surface area (Å²) in [4.78, 5) is 16.9. The van der Waals surface area contributed by atoms with E-state index in [9.17, 15) is 13.6 Å². The van der Waals surface area contributed by atoms with Gasteiger partial charge in [-0.25, -0.2) is 18.4 Å². The maximum Gasteiger partial charge on any atom is 0.267 e. The highest BCUT2D eigenvalue weighted by Gasteiger charge is 2.35. The summed E-state index contributed by atoms with van der Waals surface area (Å²) in [6, 6.07) is 6.49. The minimum absolute atomic E-state index is 0.119. The summed E-state index contributed by atoms with van der Waals surface area (Å²) in [5.41, 5.74) is 7.98. The third kappa shape index (κ3) is 3.13. The maximum atomic E-state index is 14.3. The van der Waals surface area contributed by atoms with Crippen molar-refractivity contribution in [3.8, 4) is 17.0 Å². The van der Waals surface area contributed by atoms with Gasteiger partial charge in [0.25, 0.3) is 5.91 Å². The van der Waals surface area contributed by atoms with E-state index >= 15 is 0 Å². The van der Waals surface area contributed by atoms with Gasteiger partial charge in [0.1, 0.15) is 40.2 Å². The molecule has 0 aliphatic carbocycles. The van der Waals surface area contributed by atoms with E-state index < -0.39 is 17.5 Å². The van der Waals surface area contributed by atoms with Crippen LogP contribution in [0.15, 0.2) is 40.5 Å². The Balaban J connectivity index is 1.52. The van der Waals surface area contributed by atoms with Crippen LogP contribution in [0.2, 0.25) is 0 Å². The number of hydrogen-bond acceptors (Lipinski definition) is 7. The molecular formula is C20H14F2N4O3S. The molecule has 0 fully saturated rings. The summed E-state index contributed by atoms with van der Waals surface area (Å²) in [6.45, 7) is 0.466. The number of benzene rings is 1. The fourth-order valence-corrected chi connectivity index (χ4v) is 5.04. The predicted octanol–water partition coefficient (Wildman–Crippen LogP) is 3.88. The van der Waals surface area contributed by atoms with E-state index in [1.54, 1.807) is 6.07 Å². The van der Waals surface area contributed by atoms with E-state index in [4.69, 9.17) is 15.1 Å². The number of thioether (sulfide) groups is 1. The first kappa shape index (κ1) is 18.7. The van der Waals surface area contributed by atoms with Crippen molar-refractivity contribution in [3.63, 3.8) is 0 Å². The lowest BCUT2D eigenvalue weighted by Gasteiger charge is -2.12. The molecular weight excluding hydrogens is 414 g/mol. The molecule has 2 aliphatic heterocycles. The number of primary amides is 1. The van der Waals surface area contributed by atoms with E-state index in [0.717, 1.165) is 22.6 Å². The standard InChI is InChI=1S/C20H14F2N4O3S/c21-10-1-2-11(12(22)8-10)16-18(26-29-25-16)15-7-9-5-6-28-14-4-3-13(20(23)27)24-17(14)19(9)30-15/h1-4,8,15H,5-7H2,(H2,23,27). The van der Waals surface area contributed by atoms with E-state index in [1.165, 1.54) is 23.9 Å².